The van der Waals surface area contributed by atoms with Crippen molar-refractivity contribution >= 4 is 23.7 Å². The van der Waals surface area contributed by atoms with Gasteiger partial charge in [0.15, 0.2) is 0 Å². The lowest BCUT2D eigenvalue weighted by Crippen LogP contribution is -2.50. The van der Waals surface area contributed by atoms with Crippen molar-refractivity contribution in [3.05, 3.63) is 0 Å². The molecule has 3 amide bonds. The summed E-state index contributed by atoms with van der Waals surface area (Å²) < 4.78 is 0. The van der Waals surface area contributed by atoms with Crippen LogP contribution in [0.25, 0.3) is 0 Å². The third-order valence-corrected chi connectivity index (χ3v) is 6.15. The monoisotopic (exact) mass is 482 g/mol. The maximum atomic E-state index is 12.3. The molecule has 1 unspecified atom stereocenters. The molecule has 4 N–H and O–H groups in total. The Labute approximate surface area is 196 Å². The number of hydrogen-bond acceptors (Lipinski definition) is 7. The Morgan fingerprint density at radius 3 is 2.06 bits per heavy atom. The highest BCUT2D eigenvalue weighted by Crippen LogP contribution is 2.18. The van der Waals surface area contributed by atoms with Crippen LogP contribution in [0.5, 0.6) is 0 Å². The number of aliphatic carboxylic acids is 1. The highest BCUT2D eigenvalue weighted by molar-refractivity contribution is 5.81. The molecule has 33 heavy (non-hydrogen) atoms. The second kappa shape index (κ2) is 14.8. The molecular formula is C22H40N6O5. The van der Waals surface area contributed by atoms with Gasteiger partial charge in [-0.15, -0.1) is 0 Å². The van der Waals surface area contributed by atoms with Crippen LogP contribution in [0.3, 0.4) is 0 Å². The van der Waals surface area contributed by atoms with Crippen LogP contribution in [0.15, 0.2) is 0 Å². The lowest BCUT2D eigenvalue weighted by Gasteiger charge is -2.36. The summed E-state index contributed by atoms with van der Waals surface area (Å²) in [6.07, 6.45) is 2.92. The Balaban J connectivity index is 1.52. The third kappa shape index (κ3) is 11.4. The van der Waals surface area contributed by atoms with Gasteiger partial charge in [0, 0.05) is 77.7 Å². The topological polar surface area (TPSA) is 134 Å². The summed E-state index contributed by atoms with van der Waals surface area (Å²) in [6.45, 7) is 7.42. The largest absolute Gasteiger partial charge is 0.481 e. The third-order valence-electron chi connectivity index (χ3n) is 6.15. The van der Waals surface area contributed by atoms with Gasteiger partial charge in [0.05, 0.1) is 6.54 Å². The summed E-state index contributed by atoms with van der Waals surface area (Å²) in [5, 5.41) is 16.6. The fourth-order valence-electron chi connectivity index (χ4n) is 4.15. The first-order valence-electron chi connectivity index (χ1n) is 12.0. The van der Waals surface area contributed by atoms with Gasteiger partial charge in [0.1, 0.15) is 0 Å². The lowest BCUT2D eigenvalue weighted by atomic mass is 10.3. The summed E-state index contributed by atoms with van der Waals surface area (Å²) >= 11 is 0. The van der Waals surface area contributed by atoms with Crippen LogP contribution in [0.1, 0.15) is 38.5 Å². The zero-order valence-electron chi connectivity index (χ0n) is 19.8. The molecule has 0 spiro atoms. The first-order chi connectivity index (χ1) is 15.8. The maximum Gasteiger partial charge on any atom is 0.303 e. The molecule has 1 atom stereocenters. The van der Waals surface area contributed by atoms with Gasteiger partial charge in [0.25, 0.3) is 0 Å². The average molecular weight is 482 g/mol. The van der Waals surface area contributed by atoms with E-state index in [1.165, 1.54) is 0 Å². The quantitative estimate of drug-likeness (QED) is 0.136. The number of carboxylic acids is 1. The minimum Gasteiger partial charge on any atom is -0.481 e. The molecule has 188 valence electrons. The van der Waals surface area contributed by atoms with E-state index in [-0.39, 0.29) is 50.1 Å². The van der Waals surface area contributed by atoms with Gasteiger partial charge in [-0.2, -0.15) is 0 Å². The van der Waals surface area contributed by atoms with Crippen LogP contribution in [-0.4, -0.2) is 122 Å². The number of amides is 3. The summed E-state index contributed by atoms with van der Waals surface area (Å²) in [4.78, 5) is 53.4. The molecule has 0 aromatic carbocycles. The molecule has 0 radical (unpaired) electrons. The summed E-state index contributed by atoms with van der Waals surface area (Å²) in [6, 6.07) is 0.415. The zero-order valence-corrected chi connectivity index (χ0v) is 19.8. The van der Waals surface area contributed by atoms with Crippen molar-refractivity contribution in [1.29, 1.82) is 0 Å². The zero-order chi connectivity index (χ0) is 24.1. The number of nitrogens with one attached hydrogen (secondary N) is 3. The fourth-order valence-corrected chi connectivity index (χ4v) is 4.15. The fraction of sp³-hybridized carbons (Fsp3) is 0.818. The van der Waals surface area contributed by atoms with Crippen molar-refractivity contribution < 1.29 is 24.3 Å². The Kier molecular flexibility index (Phi) is 12.1. The Morgan fingerprint density at radius 2 is 1.42 bits per heavy atom. The van der Waals surface area contributed by atoms with E-state index in [1.807, 2.05) is 0 Å². The molecule has 0 aromatic rings. The van der Waals surface area contributed by atoms with Crippen LogP contribution in [0.2, 0.25) is 0 Å². The van der Waals surface area contributed by atoms with Gasteiger partial charge in [-0.05, 0) is 32.9 Å². The van der Waals surface area contributed by atoms with E-state index in [4.69, 9.17) is 5.11 Å². The Bertz CT molecular complexity index is 653. The molecule has 2 aliphatic heterocycles. The van der Waals surface area contributed by atoms with Crippen molar-refractivity contribution in [1.82, 2.24) is 30.7 Å². The Hall–Kier alpha value is -2.24. The number of hydrogen-bond donors (Lipinski definition) is 4. The number of carboxylic acid groups (broad SMARTS) is 1. The molecular weight excluding hydrogens is 442 g/mol. The number of piperazine rings is 1. The first-order valence-corrected chi connectivity index (χ1v) is 12.0. The van der Waals surface area contributed by atoms with Crippen LogP contribution in [0.4, 0.5) is 0 Å². The summed E-state index contributed by atoms with van der Waals surface area (Å²) in [7, 11) is 2.15. The van der Waals surface area contributed by atoms with Crippen LogP contribution in [0, 0.1) is 0 Å². The number of carbonyl (C=O) groups excluding carboxylic acids is 3. The van der Waals surface area contributed by atoms with Crippen molar-refractivity contribution in [2.45, 2.75) is 44.6 Å². The molecule has 11 heteroatoms. The smallest absolute Gasteiger partial charge is 0.303 e. The number of likely N-dealkylation sites (N-methyl/N-ethyl adjacent to an activating group) is 1. The highest BCUT2D eigenvalue weighted by Gasteiger charge is 2.28. The van der Waals surface area contributed by atoms with Crippen molar-refractivity contribution in [3.8, 4) is 0 Å². The highest BCUT2D eigenvalue weighted by atomic mass is 16.4. The normalized spacial score (nSPS) is 19.8. The summed E-state index contributed by atoms with van der Waals surface area (Å²) in [5.74, 6) is -1.41. The van der Waals surface area contributed by atoms with Gasteiger partial charge in [-0.3, -0.25) is 29.0 Å². The predicted molar refractivity (Wildman–Crippen MR) is 124 cm³/mol. The molecule has 0 aromatic heterocycles. The number of rotatable bonds is 14. The van der Waals surface area contributed by atoms with E-state index in [9.17, 15) is 19.2 Å². The molecule has 2 heterocycles. The number of carbonyl (C=O) groups is 4. The molecule has 2 aliphatic rings. The Morgan fingerprint density at radius 1 is 0.818 bits per heavy atom. The van der Waals surface area contributed by atoms with E-state index in [0.717, 1.165) is 52.1 Å². The molecule has 11 nitrogen and oxygen atoms in total. The van der Waals surface area contributed by atoms with E-state index in [0.29, 0.717) is 25.6 Å². The van der Waals surface area contributed by atoms with Crippen molar-refractivity contribution in [2.75, 3.05) is 72.5 Å². The van der Waals surface area contributed by atoms with E-state index in [2.05, 4.69) is 37.7 Å². The molecule has 0 bridgehead atoms. The first kappa shape index (κ1) is 27.0. The molecule has 2 saturated heterocycles. The number of nitrogens with zero attached hydrogens (tertiary/aromatic N) is 3. The van der Waals surface area contributed by atoms with Gasteiger partial charge in [-0.25, -0.2) is 0 Å². The van der Waals surface area contributed by atoms with Crippen LogP contribution >= 0.6 is 0 Å². The SMILES string of the molecule is [13CH3]N1[13CH2][13CH2]N([13CH2][13CH]2[13CH2][13CH2][13CH2][15N]2CC(=O)[15NH]CC[13C](=O)[15NH]CCC(=O)NCCCC(=O)O)[13CH2][13CH2]1. The van der Waals surface area contributed by atoms with Gasteiger partial charge in [0.2, 0.25) is 17.7 Å². The molecule has 0 saturated carbocycles. The van der Waals surface area contributed by atoms with Gasteiger partial charge >= 0.3 is 5.97 Å². The average Bonchev–Trinajstić information content (AvgIpc) is 3.19. The number of likely N-dealkylation sites (tertiary alicyclic amines) is 1. The second-order valence-electron chi connectivity index (χ2n) is 8.92. The minimum atomic E-state index is -0.894. The second-order valence-corrected chi connectivity index (χ2v) is 8.92. The molecule has 0 aliphatic carbocycles. The molecule has 2 fully saturated rings. The lowest BCUT2D eigenvalue weighted by molar-refractivity contribution is -0.137. The molecule has 2 rings (SSSR count). The van der Waals surface area contributed by atoms with E-state index in [1.54, 1.807) is 0 Å². The maximum absolute atomic E-state index is 12.3. The predicted octanol–water partition coefficient (Wildman–Crippen LogP) is -1.31. The standard InChI is InChI=1S/C22H40N6O5/c1-26-12-14-27(15-13-26)16-18-4-3-11-28(18)17-21(31)25-10-7-20(30)24-9-6-19(29)23-8-2-5-22(32)33/h18H,2-17H2,1H3,(H,23,29)(H,24,30)(H,25,31)(H,32,33)/i1+1,3+1,4+1,11+1,12+1,13+1,14+1,15+1,16+1,18+1,20+1,24+1,25+1,28+1. The van der Waals surface area contributed by atoms with Crippen molar-refractivity contribution in [2.24, 2.45) is 0 Å². The van der Waals surface area contributed by atoms with Crippen molar-refractivity contribution in [3.63, 3.8) is 0 Å². The van der Waals surface area contributed by atoms with Gasteiger partial charge < -0.3 is 26.0 Å². The minimum absolute atomic E-state index is 0.0113. The van der Waals surface area contributed by atoms with E-state index < -0.39 is 5.97 Å². The van der Waals surface area contributed by atoms with Crippen LogP contribution in [-0.2, 0) is 19.2 Å². The van der Waals surface area contributed by atoms with Gasteiger partial charge in [-0.1, -0.05) is 0 Å². The van der Waals surface area contributed by atoms with E-state index >= 15 is 0 Å². The summed E-state index contributed by atoms with van der Waals surface area (Å²) in [5.41, 5.74) is 0. The van der Waals surface area contributed by atoms with Crippen LogP contribution < -0.4 is 16.0 Å².